The van der Waals surface area contributed by atoms with Crippen LogP contribution in [-0.2, 0) is 24.1 Å². The fraction of sp³-hybridized carbons (Fsp3) is 0.500. The highest BCUT2D eigenvalue weighted by molar-refractivity contribution is 9.10. The van der Waals surface area contributed by atoms with Gasteiger partial charge in [-0.3, -0.25) is 14.2 Å². The van der Waals surface area contributed by atoms with E-state index >= 15 is 0 Å². The van der Waals surface area contributed by atoms with Gasteiger partial charge in [0.05, 0.1) is 15.9 Å². The van der Waals surface area contributed by atoms with Crippen molar-refractivity contribution < 1.29 is 18.0 Å². The van der Waals surface area contributed by atoms with Crippen LogP contribution in [0.2, 0.25) is 0 Å². The Balaban J connectivity index is 1.81. The number of aryl methyl sites for hydroxylation is 3. The van der Waals surface area contributed by atoms with Crippen LogP contribution in [0.3, 0.4) is 0 Å². The number of carbonyl (C=O) groups excluding carboxylic acids is 1. The molecule has 0 aliphatic carbocycles. The Morgan fingerprint density at radius 1 is 1.33 bits per heavy atom. The van der Waals surface area contributed by atoms with Crippen molar-refractivity contribution in [3.63, 3.8) is 0 Å². The maximum Gasteiger partial charge on any atom is 0.433 e. The van der Waals surface area contributed by atoms with Crippen LogP contribution >= 0.6 is 15.9 Å². The average Bonchev–Trinajstić information content (AvgIpc) is 2.98. The maximum atomic E-state index is 12.8. The molecule has 132 valence electrons. The third kappa shape index (κ3) is 4.83. The molecule has 0 radical (unpaired) electrons. The summed E-state index contributed by atoms with van der Waals surface area (Å²) in [6, 6.07) is 0.922. The molecule has 10 heteroatoms. The monoisotopic (exact) mass is 407 g/mol. The first-order chi connectivity index (χ1) is 11.2. The molecule has 0 bridgehead atoms. The van der Waals surface area contributed by atoms with Gasteiger partial charge >= 0.3 is 6.18 Å². The van der Waals surface area contributed by atoms with Gasteiger partial charge in [-0.25, -0.2) is 0 Å². The van der Waals surface area contributed by atoms with Crippen LogP contribution in [0.1, 0.15) is 23.5 Å². The van der Waals surface area contributed by atoms with Crippen LogP contribution in [0.4, 0.5) is 13.2 Å². The van der Waals surface area contributed by atoms with Crippen LogP contribution < -0.4 is 5.32 Å². The third-order valence-electron chi connectivity index (χ3n) is 3.26. The Morgan fingerprint density at radius 2 is 2.04 bits per heavy atom. The molecule has 0 fully saturated rings. The molecule has 24 heavy (non-hydrogen) atoms. The van der Waals surface area contributed by atoms with Gasteiger partial charge in [-0.2, -0.15) is 23.4 Å². The highest BCUT2D eigenvalue weighted by atomic mass is 79.9. The standard InChI is InChI=1S/C14H17BrF3N5O/c1-9-6-12(14(16,17)18)23(20-9)8-13(24)19-4-3-5-22-7-11(15)10(2)21-22/h6-7H,3-5,8H2,1-2H3,(H,19,24). The predicted molar refractivity (Wildman–Crippen MR) is 84.3 cm³/mol. The molecular weight excluding hydrogens is 391 g/mol. The van der Waals surface area contributed by atoms with Gasteiger partial charge in [0.25, 0.3) is 0 Å². The zero-order valence-electron chi connectivity index (χ0n) is 13.2. The normalized spacial score (nSPS) is 11.8. The van der Waals surface area contributed by atoms with E-state index < -0.39 is 24.3 Å². The summed E-state index contributed by atoms with van der Waals surface area (Å²) in [4.78, 5) is 11.8. The van der Waals surface area contributed by atoms with Crippen LogP contribution in [0, 0.1) is 13.8 Å². The molecule has 0 atom stereocenters. The van der Waals surface area contributed by atoms with Crippen molar-refractivity contribution in [2.75, 3.05) is 6.54 Å². The van der Waals surface area contributed by atoms with E-state index in [1.807, 2.05) is 13.1 Å². The molecule has 1 amide bonds. The summed E-state index contributed by atoms with van der Waals surface area (Å²) >= 11 is 3.36. The maximum absolute atomic E-state index is 12.8. The average molecular weight is 408 g/mol. The largest absolute Gasteiger partial charge is 0.433 e. The number of halogens is 4. The second-order valence-corrected chi connectivity index (χ2v) is 6.21. The van der Waals surface area contributed by atoms with Crippen molar-refractivity contribution in [2.24, 2.45) is 0 Å². The molecule has 1 N–H and O–H groups in total. The van der Waals surface area contributed by atoms with E-state index in [4.69, 9.17) is 0 Å². The first-order valence-corrected chi connectivity index (χ1v) is 8.04. The molecule has 0 saturated carbocycles. The lowest BCUT2D eigenvalue weighted by atomic mass is 10.3. The van der Waals surface area contributed by atoms with Crippen LogP contribution in [0.15, 0.2) is 16.7 Å². The molecule has 2 aromatic rings. The van der Waals surface area contributed by atoms with Crippen molar-refractivity contribution in [3.05, 3.63) is 33.8 Å². The van der Waals surface area contributed by atoms with E-state index in [9.17, 15) is 18.0 Å². The number of hydrogen-bond donors (Lipinski definition) is 1. The molecule has 2 heterocycles. The summed E-state index contributed by atoms with van der Waals surface area (Å²) < 4.78 is 41.8. The van der Waals surface area contributed by atoms with Crippen molar-refractivity contribution in [1.82, 2.24) is 24.9 Å². The quantitative estimate of drug-likeness (QED) is 0.748. The smallest absolute Gasteiger partial charge is 0.354 e. The van der Waals surface area contributed by atoms with Gasteiger partial charge in [-0.15, -0.1) is 0 Å². The van der Waals surface area contributed by atoms with Crippen molar-refractivity contribution in [1.29, 1.82) is 0 Å². The van der Waals surface area contributed by atoms with E-state index in [1.165, 1.54) is 6.92 Å². The summed E-state index contributed by atoms with van der Waals surface area (Å²) in [7, 11) is 0. The second-order valence-electron chi connectivity index (χ2n) is 5.36. The fourth-order valence-corrected chi connectivity index (χ4v) is 2.48. The van der Waals surface area contributed by atoms with Crippen molar-refractivity contribution in [2.45, 2.75) is 39.5 Å². The van der Waals surface area contributed by atoms with Gasteiger partial charge < -0.3 is 5.32 Å². The molecule has 0 unspecified atom stereocenters. The lowest BCUT2D eigenvalue weighted by Gasteiger charge is -2.10. The van der Waals surface area contributed by atoms with Gasteiger partial charge in [0, 0.05) is 19.3 Å². The summed E-state index contributed by atoms with van der Waals surface area (Å²) in [6.45, 7) is 3.80. The Bertz CT molecular complexity index is 703. The lowest BCUT2D eigenvalue weighted by molar-refractivity contribution is -0.144. The van der Waals surface area contributed by atoms with E-state index in [0.717, 1.165) is 16.2 Å². The Kier molecular flexibility index (Phi) is 5.68. The number of nitrogens with zero attached hydrogens (tertiary/aromatic N) is 4. The minimum absolute atomic E-state index is 0.217. The molecule has 0 aliphatic rings. The van der Waals surface area contributed by atoms with Crippen LogP contribution in [0.25, 0.3) is 0 Å². The Hall–Kier alpha value is -1.84. The fourth-order valence-electron chi connectivity index (χ4n) is 2.16. The number of aromatic nitrogens is 4. The van der Waals surface area contributed by atoms with Gasteiger partial charge in [0.15, 0.2) is 0 Å². The van der Waals surface area contributed by atoms with E-state index in [1.54, 1.807) is 4.68 Å². The number of amides is 1. The Morgan fingerprint density at radius 3 is 2.62 bits per heavy atom. The third-order valence-corrected chi connectivity index (χ3v) is 4.04. The van der Waals surface area contributed by atoms with E-state index in [0.29, 0.717) is 24.2 Å². The topological polar surface area (TPSA) is 64.7 Å². The molecule has 2 aromatic heterocycles. The van der Waals surface area contributed by atoms with Gasteiger partial charge in [0.2, 0.25) is 5.91 Å². The molecular formula is C14H17BrF3N5O. The van der Waals surface area contributed by atoms with Crippen molar-refractivity contribution >= 4 is 21.8 Å². The summed E-state index contributed by atoms with van der Waals surface area (Å²) in [6.07, 6.45) is -2.09. The zero-order valence-corrected chi connectivity index (χ0v) is 14.8. The number of carbonyl (C=O) groups is 1. The predicted octanol–water partition coefficient (Wildman–Crippen LogP) is 2.68. The molecule has 2 rings (SSSR count). The zero-order chi connectivity index (χ0) is 17.9. The van der Waals surface area contributed by atoms with Crippen molar-refractivity contribution in [3.8, 4) is 0 Å². The minimum atomic E-state index is -4.53. The number of rotatable bonds is 6. The summed E-state index contributed by atoms with van der Waals surface area (Å²) in [5.41, 5.74) is 0.162. The van der Waals surface area contributed by atoms with Gasteiger partial charge in [-0.05, 0) is 42.3 Å². The highest BCUT2D eigenvalue weighted by Gasteiger charge is 2.35. The molecule has 0 aromatic carbocycles. The molecule has 6 nitrogen and oxygen atoms in total. The molecule has 0 spiro atoms. The number of hydrogen-bond acceptors (Lipinski definition) is 3. The van der Waals surface area contributed by atoms with Gasteiger partial charge in [0.1, 0.15) is 12.2 Å². The first kappa shape index (κ1) is 18.5. The summed E-state index contributed by atoms with van der Waals surface area (Å²) in [5, 5.41) is 10.6. The van der Waals surface area contributed by atoms with E-state index in [-0.39, 0.29) is 5.69 Å². The second kappa shape index (κ2) is 7.37. The SMILES string of the molecule is Cc1cc(C(F)(F)F)n(CC(=O)NCCCn2cc(Br)c(C)n2)n1. The first-order valence-electron chi connectivity index (χ1n) is 7.24. The number of alkyl halides is 3. The van der Waals surface area contributed by atoms with Gasteiger partial charge in [-0.1, -0.05) is 0 Å². The molecule has 0 saturated heterocycles. The Labute approximate surface area is 145 Å². The van der Waals surface area contributed by atoms with Crippen LogP contribution in [0.5, 0.6) is 0 Å². The molecule has 0 aliphatic heterocycles. The van der Waals surface area contributed by atoms with Crippen LogP contribution in [-0.4, -0.2) is 32.0 Å². The highest BCUT2D eigenvalue weighted by Crippen LogP contribution is 2.29. The summed E-state index contributed by atoms with van der Waals surface area (Å²) in [5.74, 6) is -0.513. The number of nitrogens with one attached hydrogen (secondary N) is 1. The lowest BCUT2D eigenvalue weighted by Crippen LogP contribution is -2.31. The van der Waals surface area contributed by atoms with E-state index in [2.05, 4.69) is 31.4 Å². The minimum Gasteiger partial charge on any atom is -0.354 e.